The molecular formula is C21H21N5O2S. The second kappa shape index (κ2) is 7.36. The number of thioether (sulfide) groups is 1. The summed E-state index contributed by atoms with van der Waals surface area (Å²) in [5.74, 6) is 0.658. The third-order valence-electron chi connectivity index (χ3n) is 4.82. The number of benzene rings is 2. The lowest BCUT2D eigenvalue weighted by Gasteiger charge is -2.14. The van der Waals surface area contributed by atoms with Gasteiger partial charge in [-0.3, -0.25) is 14.0 Å². The maximum absolute atomic E-state index is 13.4. The van der Waals surface area contributed by atoms with Crippen molar-refractivity contribution in [1.29, 1.82) is 0 Å². The maximum Gasteiger partial charge on any atom is 0.267 e. The number of carbonyl (C=O) groups is 1. The minimum absolute atomic E-state index is 0.0149. The minimum Gasteiger partial charge on any atom is -0.348 e. The van der Waals surface area contributed by atoms with Gasteiger partial charge in [0.2, 0.25) is 11.7 Å². The van der Waals surface area contributed by atoms with E-state index < -0.39 is 0 Å². The fraction of sp³-hybridized carbons (Fsp3) is 0.238. The highest BCUT2D eigenvalue weighted by atomic mass is 32.2. The van der Waals surface area contributed by atoms with E-state index in [4.69, 9.17) is 0 Å². The summed E-state index contributed by atoms with van der Waals surface area (Å²) in [6, 6.07) is 13.4. The SMILES string of the molecule is Cc1ccc(C)c(-n2c(=O)c3ccccc3n3c(SCC(=O)N(C)C)nnc23)c1. The standard InChI is InChI=1S/C21H21N5O2S/c1-13-9-10-14(2)17(11-13)25-19(28)15-7-5-6-8-16(15)26-20(25)22-23-21(26)29-12-18(27)24(3)4/h5-11H,12H2,1-4H3. The monoisotopic (exact) mass is 407 g/mol. The molecule has 4 rings (SSSR count). The van der Waals surface area contributed by atoms with Gasteiger partial charge in [0.1, 0.15) is 0 Å². The summed E-state index contributed by atoms with van der Waals surface area (Å²) in [5, 5.41) is 9.78. The van der Waals surface area contributed by atoms with Crippen molar-refractivity contribution in [3.63, 3.8) is 0 Å². The number of hydrogen-bond donors (Lipinski definition) is 0. The zero-order valence-electron chi connectivity index (χ0n) is 16.7. The average Bonchev–Trinajstić information content (AvgIpc) is 3.12. The highest BCUT2D eigenvalue weighted by Gasteiger charge is 2.19. The van der Waals surface area contributed by atoms with Crippen LogP contribution in [0.4, 0.5) is 0 Å². The number of aryl methyl sites for hydroxylation is 2. The van der Waals surface area contributed by atoms with Crippen LogP contribution in [-0.4, -0.2) is 49.8 Å². The lowest BCUT2D eigenvalue weighted by Crippen LogP contribution is -2.24. The van der Waals surface area contributed by atoms with Crippen LogP contribution in [0.25, 0.3) is 22.4 Å². The van der Waals surface area contributed by atoms with E-state index in [1.54, 1.807) is 29.6 Å². The number of para-hydroxylation sites is 1. The molecule has 8 heteroatoms. The Balaban J connectivity index is 2.02. The van der Waals surface area contributed by atoms with Gasteiger partial charge in [0.25, 0.3) is 5.56 Å². The predicted molar refractivity (Wildman–Crippen MR) is 115 cm³/mol. The largest absolute Gasteiger partial charge is 0.348 e. The second-order valence-corrected chi connectivity index (χ2v) is 8.08. The summed E-state index contributed by atoms with van der Waals surface area (Å²) in [4.78, 5) is 27.0. The summed E-state index contributed by atoms with van der Waals surface area (Å²) in [6.07, 6.45) is 0. The Morgan fingerprint density at radius 3 is 2.62 bits per heavy atom. The first-order valence-corrected chi connectivity index (χ1v) is 10.2. The number of fused-ring (bicyclic) bond motifs is 3. The first kappa shape index (κ1) is 19.2. The van der Waals surface area contributed by atoms with E-state index in [-0.39, 0.29) is 17.2 Å². The molecule has 29 heavy (non-hydrogen) atoms. The molecule has 2 aromatic heterocycles. The number of amides is 1. The predicted octanol–water partition coefficient (Wildman–Crippen LogP) is 2.83. The van der Waals surface area contributed by atoms with E-state index in [0.29, 0.717) is 16.3 Å². The fourth-order valence-corrected chi connectivity index (χ4v) is 4.12. The van der Waals surface area contributed by atoms with Crippen LogP contribution in [0.15, 0.2) is 52.4 Å². The van der Waals surface area contributed by atoms with E-state index in [1.165, 1.54) is 11.8 Å². The summed E-state index contributed by atoms with van der Waals surface area (Å²) in [6.45, 7) is 3.96. The molecule has 0 saturated heterocycles. The molecular weight excluding hydrogens is 386 g/mol. The van der Waals surface area contributed by atoms with Crippen molar-refractivity contribution in [1.82, 2.24) is 24.1 Å². The summed E-state index contributed by atoms with van der Waals surface area (Å²) < 4.78 is 3.46. The summed E-state index contributed by atoms with van der Waals surface area (Å²) in [5.41, 5.74) is 3.37. The molecule has 0 atom stereocenters. The van der Waals surface area contributed by atoms with Crippen LogP contribution < -0.4 is 5.56 Å². The molecule has 4 aromatic rings. The van der Waals surface area contributed by atoms with Crippen molar-refractivity contribution in [2.24, 2.45) is 0 Å². The quantitative estimate of drug-likeness (QED) is 0.487. The van der Waals surface area contributed by atoms with Crippen LogP contribution in [0.2, 0.25) is 0 Å². The zero-order chi connectivity index (χ0) is 20.7. The van der Waals surface area contributed by atoms with Crippen LogP contribution >= 0.6 is 11.8 Å². The van der Waals surface area contributed by atoms with Gasteiger partial charge in [-0.15, -0.1) is 10.2 Å². The molecule has 0 unspecified atom stereocenters. The first-order chi connectivity index (χ1) is 13.9. The Labute approximate surface area is 172 Å². The van der Waals surface area contributed by atoms with Crippen molar-refractivity contribution in [3.8, 4) is 5.69 Å². The van der Waals surface area contributed by atoms with E-state index in [1.807, 2.05) is 54.6 Å². The molecule has 0 aliphatic rings. The Morgan fingerprint density at radius 1 is 1.10 bits per heavy atom. The zero-order valence-corrected chi connectivity index (χ0v) is 17.5. The molecule has 0 fully saturated rings. The van der Waals surface area contributed by atoms with Crippen molar-refractivity contribution >= 4 is 34.3 Å². The van der Waals surface area contributed by atoms with Crippen LogP contribution in [0.5, 0.6) is 0 Å². The van der Waals surface area contributed by atoms with Gasteiger partial charge in [-0.1, -0.05) is 36.0 Å². The van der Waals surface area contributed by atoms with Crippen molar-refractivity contribution in [2.75, 3.05) is 19.8 Å². The fourth-order valence-electron chi connectivity index (χ4n) is 3.21. The molecule has 0 radical (unpaired) electrons. The number of rotatable bonds is 4. The molecule has 148 valence electrons. The van der Waals surface area contributed by atoms with Crippen LogP contribution in [0.3, 0.4) is 0 Å². The van der Waals surface area contributed by atoms with Gasteiger partial charge in [0.05, 0.1) is 22.3 Å². The Bertz CT molecular complexity index is 1310. The highest BCUT2D eigenvalue weighted by molar-refractivity contribution is 7.99. The Hall–Kier alpha value is -3.13. The highest BCUT2D eigenvalue weighted by Crippen LogP contribution is 2.24. The van der Waals surface area contributed by atoms with E-state index >= 15 is 0 Å². The molecule has 0 aliphatic carbocycles. The van der Waals surface area contributed by atoms with Gasteiger partial charge in [-0.25, -0.2) is 4.57 Å². The topological polar surface area (TPSA) is 72.5 Å². The van der Waals surface area contributed by atoms with Gasteiger partial charge >= 0.3 is 0 Å². The number of nitrogens with zero attached hydrogens (tertiary/aromatic N) is 5. The molecule has 2 aromatic carbocycles. The van der Waals surface area contributed by atoms with Gasteiger partial charge in [-0.2, -0.15) is 0 Å². The van der Waals surface area contributed by atoms with Gasteiger partial charge < -0.3 is 4.90 Å². The van der Waals surface area contributed by atoms with Gasteiger partial charge in [0, 0.05) is 14.1 Å². The van der Waals surface area contributed by atoms with Gasteiger partial charge in [-0.05, 0) is 43.2 Å². The lowest BCUT2D eigenvalue weighted by molar-refractivity contribution is -0.125. The molecule has 0 saturated carbocycles. The normalized spacial score (nSPS) is 11.3. The molecule has 2 heterocycles. The molecule has 1 amide bonds. The average molecular weight is 407 g/mol. The first-order valence-electron chi connectivity index (χ1n) is 9.18. The molecule has 7 nitrogen and oxygen atoms in total. The van der Waals surface area contributed by atoms with Crippen molar-refractivity contribution in [2.45, 2.75) is 19.0 Å². The maximum atomic E-state index is 13.4. The summed E-state index contributed by atoms with van der Waals surface area (Å²) >= 11 is 1.31. The Kier molecular flexibility index (Phi) is 4.87. The van der Waals surface area contributed by atoms with E-state index in [9.17, 15) is 9.59 Å². The van der Waals surface area contributed by atoms with Crippen LogP contribution in [-0.2, 0) is 4.79 Å². The van der Waals surface area contributed by atoms with Crippen LogP contribution in [0, 0.1) is 13.8 Å². The second-order valence-electron chi connectivity index (χ2n) is 7.14. The van der Waals surface area contributed by atoms with E-state index in [2.05, 4.69) is 10.2 Å². The third-order valence-corrected chi connectivity index (χ3v) is 5.74. The van der Waals surface area contributed by atoms with Crippen LogP contribution in [0.1, 0.15) is 11.1 Å². The lowest BCUT2D eigenvalue weighted by atomic mass is 10.1. The smallest absolute Gasteiger partial charge is 0.267 e. The third kappa shape index (κ3) is 3.29. The minimum atomic E-state index is -0.143. The molecule has 0 aliphatic heterocycles. The Morgan fingerprint density at radius 2 is 1.86 bits per heavy atom. The number of hydrogen-bond acceptors (Lipinski definition) is 5. The van der Waals surface area contributed by atoms with Gasteiger partial charge in [0.15, 0.2) is 5.16 Å². The molecule has 0 spiro atoms. The van der Waals surface area contributed by atoms with Crippen molar-refractivity contribution < 1.29 is 4.79 Å². The number of carbonyl (C=O) groups excluding carboxylic acids is 1. The van der Waals surface area contributed by atoms with Crippen molar-refractivity contribution in [3.05, 3.63) is 63.9 Å². The van der Waals surface area contributed by atoms with E-state index in [0.717, 1.165) is 22.3 Å². The molecule has 0 N–H and O–H groups in total. The number of aromatic nitrogens is 4. The molecule has 0 bridgehead atoms. The summed E-state index contributed by atoms with van der Waals surface area (Å²) in [7, 11) is 3.44.